The zero-order chi connectivity index (χ0) is 0. The van der Waals surface area contributed by atoms with E-state index in [1.54, 1.807) is 0 Å². The van der Waals surface area contributed by atoms with Crippen LogP contribution in [0, 0.1) is 0 Å². The molecule has 0 aliphatic rings. The van der Waals surface area contributed by atoms with Crippen LogP contribution >= 0.6 is 0 Å². The molecule has 0 N–H and O–H groups in total. The van der Waals surface area contributed by atoms with Crippen molar-refractivity contribution in [2.24, 2.45) is 0 Å². The van der Waals surface area contributed by atoms with E-state index in [1.165, 1.54) is 0 Å². The third-order valence-electron chi connectivity index (χ3n) is 0. The maximum absolute atomic E-state index is 0. The minimum Gasteiger partial charge on any atom is -1.00 e. The summed E-state index contributed by atoms with van der Waals surface area (Å²) < 4.78 is 0. The summed E-state index contributed by atoms with van der Waals surface area (Å²) in [6.07, 6.45) is 0. The van der Waals surface area contributed by atoms with E-state index in [1.807, 2.05) is 0 Å². The number of hydrogen-bond acceptors (Lipinski definition) is 0. The van der Waals surface area contributed by atoms with E-state index in [9.17, 15) is 0 Å². The van der Waals surface area contributed by atoms with E-state index >= 15 is 0 Å². The first kappa shape index (κ1) is 40.4. The summed E-state index contributed by atoms with van der Waals surface area (Å²) in [5.41, 5.74) is 0. The monoisotopic (exact) mass is 240 g/mol. The molecule has 0 rings (SSSR count). The summed E-state index contributed by atoms with van der Waals surface area (Å²) in [5.74, 6) is 0. The Kier molecular flexibility index (Phi) is 213. The van der Waals surface area contributed by atoms with Crippen molar-refractivity contribution in [2.45, 2.75) is 0 Å². The van der Waals surface area contributed by atoms with E-state index in [0.717, 1.165) is 0 Å². The second-order valence-corrected chi connectivity index (χ2v) is 0. The van der Waals surface area contributed by atoms with Gasteiger partial charge < -0.3 is 24.8 Å². The van der Waals surface area contributed by atoms with Crippen LogP contribution in [-0.4, -0.2) is 0 Å². The summed E-state index contributed by atoms with van der Waals surface area (Å²) >= 11 is 0. The smallest absolute Gasteiger partial charge is 1.00 e. The van der Waals surface area contributed by atoms with Crippen LogP contribution in [0.15, 0.2) is 0 Å². The molecule has 4 heteroatoms. The third-order valence-corrected chi connectivity index (χ3v) is 0. The van der Waals surface area contributed by atoms with Crippen molar-refractivity contribution >= 4 is 0 Å². The Hall–Kier alpha value is 1.84. The molecule has 0 fully saturated rings. The second kappa shape index (κ2) is 21.1. The molecule has 0 aromatic carbocycles. The van der Waals surface area contributed by atoms with Gasteiger partial charge in [0.25, 0.3) is 0 Å². The molecule has 0 nitrogen and oxygen atoms in total. The summed E-state index contributed by atoms with van der Waals surface area (Å²) in [4.78, 5) is 0. The molecule has 0 saturated carbocycles. The number of rotatable bonds is 0. The molecule has 4 heavy (non-hydrogen) atoms. The standard InChI is InChI=1S/Ag.2ClH.Cu/h;2*1H;/q+1;;;+1/p-2. The van der Waals surface area contributed by atoms with Gasteiger partial charge >= 0.3 is 39.4 Å². The summed E-state index contributed by atoms with van der Waals surface area (Å²) in [6, 6.07) is 0. The van der Waals surface area contributed by atoms with Gasteiger partial charge in [0.15, 0.2) is 0 Å². The SMILES string of the molecule is [Ag+].[Cl-].[Cl-].[Cu+]. The Morgan fingerprint density at radius 2 is 0.750 bits per heavy atom. The van der Waals surface area contributed by atoms with Crippen LogP contribution in [0.5, 0.6) is 0 Å². The zero-order valence-corrected chi connectivity index (χ0v) is 5.29. The van der Waals surface area contributed by atoms with Crippen LogP contribution in [0.3, 0.4) is 0 Å². The Bertz CT molecular complexity index is 6.00. The van der Waals surface area contributed by atoms with Gasteiger partial charge in [0.2, 0.25) is 0 Å². The Balaban J connectivity index is 0. The topological polar surface area (TPSA) is 0 Å². The van der Waals surface area contributed by atoms with Crippen LogP contribution < -0.4 is 24.8 Å². The van der Waals surface area contributed by atoms with Crippen molar-refractivity contribution < 1.29 is 64.3 Å². The molecule has 0 bridgehead atoms. The molecule has 0 radical (unpaired) electrons. The Morgan fingerprint density at radius 1 is 0.750 bits per heavy atom. The van der Waals surface area contributed by atoms with Crippen LogP contribution in [0.25, 0.3) is 0 Å². The molecular formula is AgCl2Cu. The first-order valence-corrected chi connectivity index (χ1v) is 0. The van der Waals surface area contributed by atoms with Gasteiger partial charge in [-0.05, 0) is 0 Å². The molecule has 0 aliphatic heterocycles. The first-order valence-electron chi connectivity index (χ1n) is 0. The van der Waals surface area contributed by atoms with Gasteiger partial charge in [-0.15, -0.1) is 0 Å². The average Bonchev–Trinajstić information content (AvgIpc) is 0. The molecule has 0 aromatic heterocycles. The van der Waals surface area contributed by atoms with Crippen LogP contribution in [0.4, 0.5) is 0 Å². The quantitative estimate of drug-likeness (QED) is 0.371. The molecule has 0 aliphatic carbocycles. The molecular weight excluding hydrogens is 242 g/mol. The van der Waals surface area contributed by atoms with E-state index < -0.39 is 0 Å². The minimum atomic E-state index is 0. The minimum absolute atomic E-state index is 0. The fourth-order valence-electron chi connectivity index (χ4n) is 0. The van der Waals surface area contributed by atoms with Gasteiger partial charge in [-0.2, -0.15) is 0 Å². The molecule has 0 saturated heterocycles. The summed E-state index contributed by atoms with van der Waals surface area (Å²) in [7, 11) is 0. The Labute approximate surface area is 63.9 Å². The van der Waals surface area contributed by atoms with Gasteiger partial charge in [0.1, 0.15) is 0 Å². The van der Waals surface area contributed by atoms with Crippen molar-refractivity contribution in [1.29, 1.82) is 0 Å². The molecule has 0 atom stereocenters. The van der Waals surface area contributed by atoms with E-state index in [-0.39, 0.29) is 64.3 Å². The number of hydrogen-bond donors (Lipinski definition) is 0. The van der Waals surface area contributed by atoms with Crippen molar-refractivity contribution in [3.63, 3.8) is 0 Å². The van der Waals surface area contributed by atoms with Crippen molar-refractivity contribution in [1.82, 2.24) is 0 Å². The molecule has 0 amide bonds. The summed E-state index contributed by atoms with van der Waals surface area (Å²) in [5, 5.41) is 0. The van der Waals surface area contributed by atoms with Gasteiger partial charge in [0.05, 0.1) is 0 Å². The third kappa shape index (κ3) is 9.15. The van der Waals surface area contributed by atoms with Crippen LogP contribution in [-0.2, 0) is 39.4 Å². The van der Waals surface area contributed by atoms with E-state index in [0.29, 0.717) is 0 Å². The van der Waals surface area contributed by atoms with Gasteiger partial charge in [-0.1, -0.05) is 0 Å². The van der Waals surface area contributed by atoms with Crippen LogP contribution in [0.1, 0.15) is 0 Å². The van der Waals surface area contributed by atoms with Crippen molar-refractivity contribution in [3.05, 3.63) is 0 Å². The normalized spacial score (nSPS) is 0. The fraction of sp³-hybridized carbons (Fsp3) is 0. The van der Waals surface area contributed by atoms with Gasteiger partial charge in [0, 0.05) is 0 Å². The molecule has 0 spiro atoms. The number of halogens is 2. The molecule has 0 heterocycles. The first-order chi connectivity index (χ1) is 0. The van der Waals surface area contributed by atoms with Gasteiger partial charge in [-0.25, -0.2) is 0 Å². The second-order valence-electron chi connectivity index (χ2n) is 0. The molecule has 0 aromatic rings. The maximum atomic E-state index is 0. The van der Waals surface area contributed by atoms with E-state index in [4.69, 9.17) is 0 Å². The molecule has 0 unspecified atom stereocenters. The largest absolute Gasteiger partial charge is 1.00 e. The van der Waals surface area contributed by atoms with E-state index in [2.05, 4.69) is 0 Å². The fourth-order valence-corrected chi connectivity index (χ4v) is 0. The Morgan fingerprint density at radius 3 is 0.750 bits per heavy atom. The van der Waals surface area contributed by atoms with Gasteiger partial charge in [-0.3, -0.25) is 0 Å². The predicted octanol–water partition coefficient (Wildman–Crippen LogP) is -6.00. The summed E-state index contributed by atoms with van der Waals surface area (Å²) in [6.45, 7) is 0. The van der Waals surface area contributed by atoms with Crippen LogP contribution in [0.2, 0.25) is 0 Å². The maximum Gasteiger partial charge on any atom is 1.00 e. The molecule has 36 valence electrons. The zero-order valence-electron chi connectivity index (χ0n) is 1.36. The average molecular weight is 242 g/mol. The van der Waals surface area contributed by atoms with Crippen molar-refractivity contribution in [2.75, 3.05) is 0 Å². The van der Waals surface area contributed by atoms with Crippen molar-refractivity contribution in [3.8, 4) is 0 Å². The predicted molar refractivity (Wildman–Crippen MR) is 0 cm³/mol.